The molecular weight excluding hydrogens is 421 g/mol. The van der Waals surface area contributed by atoms with E-state index in [0.717, 1.165) is 24.2 Å². The molecule has 2 aliphatic rings. The number of benzene rings is 1. The Labute approximate surface area is 173 Å². The fraction of sp³-hybridized carbons (Fsp3) is 0.474. The number of aromatic nitrogens is 2. The van der Waals surface area contributed by atoms with Crippen molar-refractivity contribution in [2.45, 2.75) is 30.3 Å². The van der Waals surface area contributed by atoms with Gasteiger partial charge < -0.3 is 10.2 Å². The summed E-state index contributed by atoms with van der Waals surface area (Å²) in [6.07, 6.45) is -0.531. The molecule has 0 saturated carbocycles. The Balaban J connectivity index is 0.000000199. The summed E-state index contributed by atoms with van der Waals surface area (Å²) in [5.74, 6) is -0.412. The molecule has 0 aliphatic carbocycles. The van der Waals surface area contributed by atoms with Crippen LogP contribution in [0.3, 0.4) is 0 Å². The zero-order valence-electron chi connectivity index (χ0n) is 16.3. The number of halogens is 3. The first-order chi connectivity index (χ1) is 14.0. The molecule has 0 spiro atoms. The standard InChI is InChI=1S/C12H15F3N4.C7H8O3S/c13-12(14,15)10-1-2-19(7-10)11-17-5-9(6-18-11)8-3-16-4-8;1-6-2-4-7(5-3-6)11(8,9)10/h5-6,8,10,16H,1-4,7H2;2-5H,1H3,(H,8,9,10). The molecule has 2 aromatic rings. The Kier molecular flexibility index (Phi) is 6.63. The summed E-state index contributed by atoms with van der Waals surface area (Å²) in [4.78, 5) is 9.95. The quantitative estimate of drug-likeness (QED) is 0.703. The van der Waals surface area contributed by atoms with Gasteiger partial charge in [-0.25, -0.2) is 9.97 Å². The fourth-order valence-electron chi connectivity index (χ4n) is 3.15. The largest absolute Gasteiger partial charge is 0.393 e. The van der Waals surface area contributed by atoms with Crippen LogP contribution in [0.2, 0.25) is 0 Å². The number of aryl methyl sites for hydroxylation is 1. The van der Waals surface area contributed by atoms with Crippen LogP contribution in [0.25, 0.3) is 0 Å². The Hall–Kier alpha value is -2.24. The van der Waals surface area contributed by atoms with Crippen LogP contribution in [0, 0.1) is 12.8 Å². The molecular formula is C19H23F3N4O3S. The minimum absolute atomic E-state index is 0.0339. The minimum Gasteiger partial charge on any atom is -0.340 e. The van der Waals surface area contributed by atoms with E-state index in [2.05, 4.69) is 15.3 Å². The van der Waals surface area contributed by atoms with Crippen molar-refractivity contribution < 1.29 is 26.1 Å². The van der Waals surface area contributed by atoms with Crippen molar-refractivity contribution >= 4 is 16.1 Å². The van der Waals surface area contributed by atoms with Crippen LogP contribution in [0.1, 0.15) is 23.5 Å². The van der Waals surface area contributed by atoms with Crippen LogP contribution in [0.5, 0.6) is 0 Å². The molecule has 0 bridgehead atoms. The van der Waals surface area contributed by atoms with Gasteiger partial charge in [0.05, 0.1) is 10.8 Å². The second-order valence-electron chi connectivity index (χ2n) is 7.43. The second-order valence-corrected chi connectivity index (χ2v) is 8.85. The van der Waals surface area contributed by atoms with E-state index in [1.165, 1.54) is 12.1 Å². The van der Waals surface area contributed by atoms with Crippen molar-refractivity contribution in [3.8, 4) is 0 Å². The van der Waals surface area contributed by atoms with Crippen LogP contribution >= 0.6 is 0 Å². The van der Waals surface area contributed by atoms with Gasteiger partial charge in [0.15, 0.2) is 0 Å². The lowest BCUT2D eigenvalue weighted by Crippen LogP contribution is -2.40. The number of hydrogen-bond donors (Lipinski definition) is 2. The molecule has 164 valence electrons. The molecule has 2 aliphatic heterocycles. The number of nitrogens with zero attached hydrogens (tertiary/aromatic N) is 3. The highest BCUT2D eigenvalue weighted by atomic mass is 32.2. The van der Waals surface area contributed by atoms with Crippen molar-refractivity contribution in [1.82, 2.24) is 15.3 Å². The summed E-state index contributed by atoms with van der Waals surface area (Å²) >= 11 is 0. The minimum atomic E-state index is -4.12. The molecule has 1 unspecified atom stereocenters. The highest BCUT2D eigenvalue weighted by Gasteiger charge is 2.44. The van der Waals surface area contributed by atoms with Crippen LogP contribution in [-0.4, -0.2) is 55.3 Å². The van der Waals surface area contributed by atoms with E-state index in [-0.39, 0.29) is 17.9 Å². The third-order valence-corrected chi connectivity index (χ3v) is 6.03. The monoisotopic (exact) mass is 444 g/mol. The first-order valence-corrected chi connectivity index (χ1v) is 10.9. The number of alkyl halides is 3. The molecule has 11 heteroatoms. The maximum absolute atomic E-state index is 12.6. The molecule has 7 nitrogen and oxygen atoms in total. The lowest BCUT2D eigenvalue weighted by molar-refractivity contribution is -0.168. The van der Waals surface area contributed by atoms with Crippen molar-refractivity contribution in [1.29, 1.82) is 0 Å². The Morgan fingerprint density at radius 1 is 1.13 bits per heavy atom. The van der Waals surface area contributed by atoms with Crippen LogP contribution in [0.4, 0.5) is 19.1 Å². The maximum atomic E-state index is 12.6. The summed E-state index contributed by atoms with van der Waals surface area (Å²) in [6, 6.07) is 5.99. The lowest BCUT2D eigenvalue weighted by Gasteiger charge is -2.27. The molecule has 2 saturated heterocycles. The average Bonchev–Trinajstić information content (AvgIpc) is 3.12. The summed E-state index contributed by atoms with van der Waals surface area (Å²) in [5.41, 5.74) is 2.01. The zero-order valence-corrected chi connectivity index (χ0v) is 17.1. The lowest BCUT2D eigenvalue weighted by atomic mass is 9.97. The second kappa shape index (κ2) is 8.86. The van der Waals surface area contributed by atoms with E-state index in [1.807, 2.05) is 6.92 Å². The normalized spacial score (nSPS) is 19.8. The smallest absolute Gasteiger partial charge is 0.340 e. The topological polar surface area (TPSA) is 95.4 Å². The van der Waals surface area contributed by atoms with Gasteiger partial charge in [0.1, 0.15) is 0 Å². The van der Waals surface area contributed by atoms with E-state index in [9.17, 15) is 21.6 Å². The molecule has 1 atom stereocenters. The SMILES string of the molecule is Cc1ccc(S(=O)(=O)O)cc1.FC(F)(F)C1CCN(c2ncc(C3CNC3)cn2)C1. The molecule has 30 heavy (non-hydrogen) atoms. The van der Waals surface area contributed by atoms with Gasteiger partial charge in [-0.05, 0) is 31.0 Å². The third-order valence-electron chi connectivity index (χ3n) is 5.16. The van der Waals surface area contributed by atoms with Gasteiger partial charge in [-0.15, -0.1) is 0 Å². The van der Waals surface area contributed by atoms with E-state index >= 15 is 0 Å². The molecule has 2 N–H and O–H groups in total. The zero-order chi connectivity index (χ0) is 21.9. The van der Waals surface area contributed by atoms with Gasteiger partial charge in [-0.2, -0.15) is 21.6 Å². The summed E-state index contributed by atoms with van der Waals surface area (Å²) in [7, 11) is -4.02. The Morgan fingerprint density at radius 2 is 1.73 bits per heavy atom. The molecule has 0 amide bonds. The molecule has 1 aromatic heterocycles. The molecule has 0 radical (unpaired) electrons. The predicted octanol–water partition coefficient (Wildman–Crippen LogP) is 2.79. The van der Waals surface area contributed by atoms with Crippen LogP contribution in [-0.2, 0) is 10.1 Å². The number of rotatable bonds is 3. The van der Waals surface area contributed by atoms with Crippen molar-refractivity contribution in [3.05, 3.63) is 47.8 Å². The van der Waals surface area contributed by atoms with Gasteiger partial charge in [0.25, 0.3) is 10.1 Å². The van der Waals surface area contributed by atoms with E-state index in [0.29, 0.717) is 18.4 Å². The highest BCUT2D eigenvalue weighted by molar-refractivity contribution is 7.85. The van der Waals surface area contributed by atoms with Gasteiger partial charge in [0, 0.05) is 44.5 Å². The molecule has 4 rings (SSSR count). The van der Waals surface area contributed by atoms with Crippen molar-refractivity contribution in [2.24, 2.45) is 5.92 Å². The third kappa shape index (κ3) is 5.67. The summed E-state index contributed by atoms with van der Waals surface area (Å²) < 4.78 is 67.3. The number of anilines is 1. The van der Waals surface area contributed by atoms with E-state index in [4.69, 9.17) is 4.55 Å². The molecule has 2 fully saturated rings. The van der Waals surface area contributed by atoms with E-state index < -0.39 is 22.2 Å². The van der Waals surface area contributed by atoms with Gasteiger partial charge in [-0.1, -0.05) is 17.7 Å². The fourth-order valence-corrected chi connectivity index (χ4v) is 3.63. The van der Waals surface area contributed by atoms with Crippen molar-refractivity contribution in [2.75, 3.05) is 31.1 Å². The number of hydrogen-bond acceptors (Lipinski definition) is 6. The Morgan fingerprint density at radius 3 is 2.17 bits per heavy atom. The summed E-state index contributed by atoms with van der Waals surface area (Å²) in [5, 5.41) is 3.16. The number of nitrogens with one attached hydrogen (secondary N) is 1. The average molecular weight is 444 g/mol. The van der Waals surface area contributed by atoms with Gasteiger partial charge in [0.2, 0.25) is 5.95 Å². The van der Waals surface area contributed by atoms with Crippen molar-refractivity contribution in [3.63, 3.8) is 0 Å². The maximum Gasteiger partial charge on any atom is 0.393 e. The Bertz CT molecular complexity index is 946. The highest BCUT2D eigenvalue weighted by Crippen LogP contribution is 2.34. The molecule has 3 heterocycles. The first kappa shape index (κ1) is 22.4. The van der Waals surface area contributed by atoms with Crippen LogP contribution in [0.15, 0.2) is 41.6 Å². The van der Waals surface area contributed by atoms with Gasteiger partial charge in [-0.3, -0.25) is 4.55 Å². The molecule has 1 aromatic carbocycles. The summed E-state index contributed by atoms with van der Waals surface area (Å²) in [6.45, 7) is 4.02. The van der Waals surface area contributed by atoms with Gasteiger partial charge >= 0.3 is 6.18 Å². The predicted molar refractivity (Wildman–Crippen MR) is 105 cm³/mol. The van der Waals surface area contributed by atoms with Crippen LogP contribution < -0.4 is 10.2 Å². The first-order valence-electron chi connectivity index (χ1n) is 9.42. The van der Waals surface area contributed by atoms with E-state index in [1.54, 1.807) is 29.4 Å².